The molecule has 0 heterocycles. The van der Waals surface area contributed by atoms with Crippen LogP contribution in [0.25, 0.3) is 10.4 Å². The lowest BCUT2D eigenvalue weighted by Crippen LogP contribution is -2.28. The minimum atomic E-state index is -4.40. The summed E-state index contributed by atoms with van der Waals surface area (Å²) in [6.45, 7) is 1.69. The molecule has 0 aromatic heterocycles. The summed E-state index contributed by atoms with van der Waals surface area (Å²) >= 11 is 0. The Balaban J connectivity index is 2.60. The van der Waals surface area contributed by atoms with Crippen molar-refractivity contribution < 1.29 is 19.5 Å². The van der Waals surface area contributed by atoms with Crippen LogP contribution in [0.15, 0.2) is 41.3 Å². The molecule has 0 saturated heterocycles. The highest BCUT2D eigenvalue weighted by molar-refractivity contribution is 7.55. The van der Waals surface area contributed by atoms with Crippen LogP contribution in [0.2, 0.25) is 0 Å². The van der Waals surface area contributed by atoms with Crippen LogP contribution in [0, 0.1) is 0 Å². The van der Waals surface area contributed by atoms with Gasteiger partial charge in [0.2, 0.25) is 0 Å². The van der Waals surface area contributed by atoms with E-state index in [9.17, 15) is 9.67 Å². The van der Waals surface area contributed by atoms with Gasteiger partial charge in [-0.15, -0.1) is 0 Å². The van der Waals surface area contributed by atoms with E-state index in [0.717, 1.165) is 18.1 Å². The molecule has 8 heteroatoms. The van der Waals surface area contributed by atoms with Crippen molar-refractivity contribution in [3.05, 3.63) is 57.7 Å². The third-order valence-corrected chi connectivity index (χ3v) is 5.32. The molecule has 0 radical (unpaired) electrons. The second-order valence-electron chi connectivity index (χ2n) is 7.19. The van der Waals surface area contributed by atoms with Crippen molar-refractivity contribution in [2.45, 2.75) is 70.3 Å². The lowest BCUT2D eigenvalue weighted by atomic mass is 9.92. The molecule has 7 nitrogen and oxygen atoms in total. The topological polar surface area (TPSA) is 127 Å². The smallest absolute Gasteiger partial charge is 0.348 e. The van der Waals surface area contributed by atoms with Crippen molar-refractivity contribution in [3.63, 3.8) is 0 Å². The van der Waals surface area contributed by atoms with Crippen LogP contribution in [0.3, 0.4) is 0 Å². The van der Waals surface area contributed by atoms with Crippen LogP contribution in [-0.2, 0) is 17.4 Å². The number of unbranched alkanes of at least 4 members (excludes halogenated alkanes) is 5. The van der Waals surface area contributed by atoms with Crippen molar-refractivity contribution in [1.82, 2.24) is 0 Å². The second-order valence-corrected chi connectivity index (χ2v) is 8.67. The molecule has 0 aliphatic rings. The monoisotopic (exact) mass is 409 g/mol. The highest BCUT2D eigenvalue weighted by Gasteiger charge is 2.26. The van der Waals surface area contributed by atoms with E-state index in [1.165, 1.54) is 44.1 Å². The third-order valence-electron chi connectivity index (χ3n) is 4.79. The first-order valence-corrected chi connectivity index (χ1v) is 11.5. The van der Waals surface area contributed by atoms with E-state index >= 15 is 0 Å². The molecule has 0 aliphatic heterocycles. The molecule has 28 heavy (non-hydrogen) atoms. The molecule has 0 amide bonds. The van der Waals surface area contributed by atoms with Gasteiger partial charge >= 0.3 is 7.60 Å². The quantitative estimate of drug-likeness (QED) is 0.127. The number of aryl methyl sites for hydroxylation is 2. The molecule has 3 N–H and O–H groups in total. The Labute approximate surface area is 167 Å². The van der Waals surface area contributed by atoms with E-state index in [2.05, 4.69) is 29.1 Å². The number of hydrogen-bond donors (Lipinski definition) is 3. The average Bonchev–Trinajstić information content (AvgIpc) is 2.67. The minimum absolute atomic E-state index is 0.251. The first kappa shape index (κ1) is 24.4. The van der Waals surface area contributed by atoms with Gasteiger partial charge in [-0.2, -0.15) is 0 Å². The molecule has 0 aliphatic carbocycles. The summed E-state index contributed by atoms with van der Waals surface area (Å²) in [7, 11) is -4.40. The van der Waals surface area contributed by atoms with Gasteiger partial charge in [-0.1, -0.05) is 74.5 Å². The lowest BCUT2D eigenvalue weighted by Gasteiger charge is -2.22. The number of aliphatic hydroxyl groups is 1. The number of nitrogens with zero attached hydrogens (tertiary/aromatic N) is 3. The molecule has 1 aromatic carbocycles. The van der Waals surface area contributed by atoms with E-state index in [4.69, 9.17) is 15.3 Å². The number of benzene rings is 1. The first-order valence-electron chi connectivity index (χ1n) is 9.85. The van der Waals surface area contributed by atoms with Gasteiger partial charge in [0.15, 0.2) is 0 Å². The van der Waals surface area contributed by atoms with Crippen LogP contribution >= 0.6 is 7.60 Å². The van der Waals surface area contributed by atoms with Crippen molar-refractivity contribution >= 4 is 7.60 Å². The molecular weight excluding hydrogens is 377 g/mol. The molecule has 156 valence electrons. The Morgan fingerprint density at radius 1 is 1.07 bits per heavy atom. The summed E-state index contributed by atoms with van der Waals surface area (Å²) < 4.78 is 11.1. The number of azide groups is 1. The van der Waals surface area contributed by atoms with Gasteiger partial charge < -0.3 is 14.9 Å². The molecular formula is C20H32N3O4P. The van der Waals surface area contributed by atoms with Gasteiger partial charge in [-0.05, 0) is 42.3 Å². The van der Waals surface area contributed by atoms with E-state index < -0.39 is 19.7 Å². The summed E-state index contributed by atoms with van der Waals surface area (Å²) in [5, 5.41) is 13.2. The van der Waals surface area contributed by atoms with Crippen LogP contribution in [0.5, 0.6) is 0 Å². The zero-order valence-corrected chi connectivity index (χ0v) is 17.5. The fraction of sp³-hybridized carbons (Fsp3) is 0.600. The Kier molecular flexibility index (Phi) is 11.1. The fourth-order valence-electron chi connectivity index (χ4n) is 3.00. The van der Waals surface area contributed by atoms with E-state index in [1.807, 2.05) is 12.1 Å². The van der Waals surface area contributed by atoms with Gasteiger partial charge in [0.25, 0.3) is 0 Å². The zero-order valence-electron chi connectivity index (χ0n) is 16.6. The lowest BCUT2D eigenvalue weighted by molar-refractivity contribution is 0.219. The predicted molar refractivity (Wildman–Crippen MR) is 112 cm³/mol. The summed E-state index contributed by atoms with van der Waals surface area (Å²) in [6, 6.07) is 8.19. The summed E-state index contributed by atoms with van der Waals surface area (Å²) in [5.41, 5.74) is 9.70. The largest absolute Gasteiger partial charge is 0.395 e. The Hall–Kier alpha value is -1.62. The summed E-state index contributed by atoms with van der Waals surface area (Å²) in [5.74, 6) is 0.682. The van der Waals surface area contributed by atoms with Crippen LogP contribution in [0.1, 0.15) is 63.0 Å². The number of hydrogen-bond acceptors (Lipinski definition) is 3. The van der Waals surface area contributed by atoms with Crippen LogP contribution in [0.4, 0.5) is 0 Å². The molecule has 1 rings (SSSR count). The molecule has 1 aromatic rings. The normalized spacial score (nSPS) is 14.0. The van der Waals surface area contributed by atoms with Crippen molar-refractivity contribution in [1.29, 1.82) is 0 Å². The average molecular weight is 409 g/mol. The van der Waals surface area contributed by atoms with E-state index in [1.54, 1.807) is 0 Å². The zero-order chi connectivity index (χ0) is 20.9. The van der Waals surface area contributed by atoms with Crippen molar-refractivity contribution in [2.24, 2.45) is 5.11 Å². The Morgan fingerprint density at radius 2 is 1.64 bits per heavy atom. The molecule has 0 fully saturated rings. The fourth-order valence-corrected chi connectivity index (χ4v) is 3.47. The van der Waals surface area contributed by atoms with Gasteiger partial charge in [0, 0.05) is 10.7 Å². The molecule has 1 atom stereocenters. The number of rotatable bonds is 14. The van der Waals surface area contributed by atoms with E-state index in [0.29, 0.717) is 12.2 Å². The van der Waals surface area contributed by atoms with Crippen molar-refractivity contribution in [2.75, 3.05) is 6.61 Å². The maximum absolute atomic E-state index is 11.1. The van der Waals surface area contributed by atoms with Gasteiger partial charge in [-0.25, -0.2) is 0 Å². The Morgan fingerprint density at radius 3 is 2.18 bits per heavy atom. The van der Waals surface area contributed by atoms with Gasteiger partial charge in [0.1, 0.15) is 0 Å². The SMILES string of the molecule is CCCCCCCCc1ccc(CCC(/C=C/P(=O)(O)O)(CO)N=[N+]=[N-])cc1. The Bertz CT molecular complexity index is 696. The molecule has 1 unspecified atom stereocenters. The first-order chi connectivity index (χ1) is 13.3. The third kappa shape index (κ3) is 10.1. The highest BCUT2D eigenvalue weighted by Crippen LogP contribution is 2.38. The molecule has 0 spiro atoms. The van der Waals surface area contributed by atoms with E-state index in [-0.39, 0.29) is 6.42 Å². The van der Waals surface area contributed by atoms with Crippen molar-refractivity contribution in [3.8, 4) is 0 Å². The summed E-state index contributed by atoms with van der Waals surface area (Å²) in [4.78, 5) is 20.7. The second kappa shape index (κ2) is 12.8. The molecule has 0 bridgehead atoms. The molecule has 0 saturated carbocycles. The summed E-state index contributed by atoms with van der Waals surface area (Å²) in [6.07, 6.45) is 10.5. The number of aliphatic hydroxyl groups excluding tert-OH is 1. The van der Waals surface area contributed by atoms with Crippen LogP contribution in [-0.4, -0.2) is 27.0 Å². The van der Waals surface area contributed by atoms with Gasteiger partial charge in [-0.3, -0.25) is 4.57 Å². The maximum Gasteiger partial charge on any atom is 0.348 e. The minimum Gasteiger partial charge on any atom is -0.395 e. The highest BCUT2D eigenvalue weighted by atomic mass is 31.2. The van der Waals surface area contributed by atoms with Gasteiger partial charge in [0.05, 0.1) is 12.1 Å². The maximum atomic E-state index is 11.1. The van der Waals surface area contributed by atoms with Crippen LogP contribution < -0.4 is 0 Å². The standard InChI is InChI=1S/C20H32N3O4P/c1-2-3-4-5-6-7-8-18-9-11-19(12-10-18)13-14-20(17-24,22-23-21)15-16-28(25,26)27/h9-12,15-16,24H,2-8,13-14,17H2,1H3,(H2,25,26,27)/b16-15+. The predicted octanol–water partition coefficient (Wildman–Crippen LogP) is 5.26.